The van der Waals surface area contributed by atoms with Gasteiger partial charge in [-0.1, -0.05) is 29.8 Å². The maximum absolute atomic E-state index is 9.37. The van der Waals surface area contributed by atoms with Crippen molar-refractivity contribution in [2.24, 2.45) is 5.41 Å². The first kappa shape index (κ1) is 14.3. The van der Waals surface area contributed by atoms with Gasteiger partial charge in [-0.15, -0.1) is 12.4 Å². The second-order valence-corrected chi connectivity index (χ2v) is 4.82. The van der Waals surface area contributed by atoms with Gasteiger partial charge in [-0.2, -0.15) is 5.26 Å². The standard InChI is InChI=1S/C13H15ClN2.ClH/c14-12-4-2-1-3-11(12)9-13(10-15)5-7-16-8-6-13;/h1-4,16H,5-9H2;1H. The van der Waals surface area contributed by atoms with E-state index in [1.165, 1.54) is 0 Å². The molecule has 1 aromatic carbocycles. The normalized spacial score (nSPS) is 17.9. The molecule has 1 heterocycles. The van der Waals surface area contributed by atoms with E-state index in [1.54, 1.807) is 0 Å². The fourth-order valence-corrected chi connectivity index (χ4v) is 2.44. The molecule has 4 heteroatoms. The zero-order valence-electron chi connectivity index (χ0n) is 9.58. The van der Waals surface area contributed by atoms with Gasteiger partial charge in [-0.3, -0.25) is 0 Å². The Morgan fingerprint density at radius 2 is 1.94 bits per heavy atom. The summed E-state index contributed by atoms with van der Waals surface area (Å²) in [5.41, 5.74) is 0.864. The number of nitrogens with zero attached hydrogens (tertiary/aromatic N) is 1. The van der Waals surface area contributed by atoms with E-state index < -0.39 is 0 Å². The van der Waals surface area contributed by atoms with Gasteiger partial charge in [-0.05, 0) is 44.0 Å². The minimum Gasteiger partial charge on any atom is -0.317 e. The van der Waals surface area contributed by atoms with Crippen LogP contribution in [0.5, 0.6) is 0 Å². The Kier molecular flexibility index (Phi) is 5.27. The van der Waals surface area contributed by atoms with Crippen molar-refractivity contribution in [1.82, 2.24) is 5.32 Å². The molecule has 0 atom stereocenters. The quantitative estimate of drug-likeness (QED) is 0.896. The number of benzene rings is 1. The molecule has 0 aromatic heterocycles. The third kappa shape index (κ3) is 3.35. The zero-order chi connectivity index (χ0) is 11.4. The molecule has 17 heavy (non-hydrogen) atoms. The first-order chi connectivity index (χ1) is 7.76. The average molecular weight is 271 g/mol. The lowest BCUT2D eigenvalue weighted by molar-refractivity contribution is 0.280. The Hall–Kier alpha value is -0.750. The number of piperidine rings is 1. The predicted octanol–water partition coefficient (Wildman–Crippen LogP) is 3.20. The molecule has 1 aliphatic rings. The molecule has 0 bridgehead atoms. The summed E-state index contributed by atoms with van der Waals surface area (Å²) in [6, 6.07) is 10.3. The number of nitrogens with one attached hydrogen (secondary N) is 1. The summed E-state index contributed by atoms with van der Waals surface area (Å²) in [7, 11) is 0. The van der Waals surface area contributed by atoms with E-state index in [0.717, 1.165) is 42.9 Å². The van der Waals surface area contributed by atoms with Crippen molar-refractivity contribution in [3.63, 3.8) is 0 Å². The van der Waals surface area contributed by atoms with Crippen molar-refractivity contribution in [3.8, 4) is 6.07 Å². The highest BCUT2D eigenvalue weighted by molar-refractivity contribution is 6.31. The largest absolute Gasteiger partial charge is 0.317 e. The van der Waals surface area contributed by atoms with Crippen LogP contribution in [0.1, 0.15) is 18.4 Å². The Morgan fingerprint density at radius 3 is 2.53 bits per heavy atom. The van der Waals surface area contributed by atoms with Crippen molar-refractivity contribution < 1.29 is 0 Å². The molecule has 0 spiro atoms. The lowest BCUT2D eigenvalue weighted by atomic mass is 9.75. The highest BCUT2D eigenvalue weighted by atomic mass is 35.5. The van der Waals surface area contributed by atoms with E-state index in [4.69, 9.17) is 11.6 Å². The molecule has 0 unspecified atom stereocenters. The van der Waals surface area contributed by atoms with Gasteiger partial charge in [0.2, 0.25) is 0 Å². The maximum Gasteiger partial charge on any atom is 0.0694 e. The van der Waals surface area contributed by atoms with Crippen LogP contribution in [-0.2, 0) is 6.42 Å². The van der Waals surface area contributed by atoms with Gasteiger partial charge in [0, 0.05) is 5.02 Å². The number of hydrogen-bond acceptors (Lipinski definition) is 2. The highest BCUT2D eigenvalue weighted by Gasteiger charge is 2.32. The lowest BCUT2D eigenvalue weighted by Gasteiger charge is -2.31. The first-order valence-corrected chi connectivity index (χ1v) is 5.99. The van der Waals surface area contributed by atoms with E-state index in [9.17, 15) is 5.26 Å². The van der Waals surface area contributed by atoms with Gasteiger partial charge >= 0.3 is 0 Å². The molecule has 1 saturated heterocycles. The van der Waals surface area contributed by atoms with E-state index in [2.05, 4.69) is 11.4 Å². The number of hydrogen-bond donors (Lipinski definition) is 1. The molecule has 2 rings (SSSR count). The summed E-state index contributed by atoms with van der Waals surface area (Å²) in [5, 5.41) is 13.4. The number of nitriles is 1. The third-order valence-electron chi connectivity index (χ3n) is 3.28. The molecule has 1 aliphatic heterocycles. The van der Waals surface area contributed by atoms with Crippen LogP contribution in [0.2, 0.25) is 5.02 Å². The van der Waals surface area contributed by atoms with E-state index >= 15 is 0 Å². The van der Waals surface area contributed by atoms with Crippen LogP contribution >= 0.6 is 24.0 Å². The minimum absolute atomic E-state index is 0. The summed E-state index contributed by atoms with van der Waals surface area (Å²) >= 11 is 6.14. The smallest absolute Gasteiger partial charge is 0.0694 e. The van der Waals surface area contributed by atoms with Crippen LogP contribution in [-0.4, -0.2) is 13.1 Å². The highest BCUT2D eigenvalue weighted by Crippen LogP contribution is 2.34. The second-order valence-electron chi connectivity index (χ2n) is 4.41. The van der Waals surface area contributed by atoms with E-state index in [-0.39, 0.29) is 17.8 Å². The Labute approximate surface area is 113 Å². The van der Waals surface area contributed by atoms with Crippen molar-refractivity contribution >= 4 is 24.0 Å². The summed E-state index contributed by atoms with van der Waals surface area (Å²) in [4.78, 5) is 0. The molecule has 2 nitrogen and oxygen atoms in total. The maximum atomic E-state index is 9.37. The van der Waals surface area contributed by atoms with E-state index in [0.29, 0.717) is 0 Å². The van der Waals surface area contributed by atoms with Gasteiger partial charge < -0.3 is 5.32 Å². The van der Waals surface area contributed by atoms with Gasteiger partial charge in [0.25, 0.3) is 0 Å². The molecular weight excluding hydrogens is 255 g/mol. The van der Waals surface area contributed by atoms with Gasteiger partial charge in [0.1, 0.15) is 0 Å². The Morgan fingerprint density at radius 1 is 1.29 bits per heavy atom. The van der Waals surface area contributed by atoms with Crippen molar-refractivity contribution in [2.75, 3.05) is 13.1 Å². The third-order valence-corrected chi connectivity index (χ3v) is 3.65. The molecule has 1 aromatic rings. The Bertz CT molecular complexity index is 406. The fraction of sp³-hybridized carbons (Fsp3) is 0.462. The van der Waals surface area contributed by atoms with Crippen LogP contribution < -0.4 is 5.32 Å². The van der Waals surface area contributed by atoms with E-state index in [1.807, 2.05) is 24.3 Å². The summed E-state index contributed by atoms with van der Waals surface area (Å²) in [6.07, 6.45) is 2.59. The van der Waals surface area contributed by atoms with Crippen LogP contribution in [0.4, 0.5) is 0 Å². The van der Waals surface area contributed by atoms with Crippen LogP contribution in [0.15, 0.2) is 24.3 Å². The zero-order valence-corrected chi connectivity index (χ0v) is 11.2. The topological polar surface area (TPSA) is 35.8 Å². The van der Waals surface area contributed by atoms with Crippen LogP contribution in [0, 0.1) is 16.7 Å². The SMILES string of the molecule is Cl.N#CC1(Cc2ccccc2Cl)CCNCC1. The molecule has 0 saturated carbocycles. The molecule has 0 amide bonds. The minimum atomic E-state index is -0.226. The van der Waals surface area contributed by atoms with Gasteiger partial charge in [0.15, 0.2) is 0 Å². The van der Waals surface area contributed by atoms with Crippen molar-refractivity contribution in [3.05, 3.63) is 34.9 Å². The fourth-order valence-electron chi connectivity index (χ4n) is 2.24. The number of halogens is 2. The summed E-state index contributed by atoms with van der Waals surface area (Å²) in [6.45, 7) is 1.86. The van der Waals surface area contributed by atoms with Gasteiger partial charge in [0.05, 0.1) is 11.5 Å². The molecule has 1 fully saturated rings. The average Bonchev–Trinajstić information content (AvgIpc) is 2.33. The number of rotatable bonds is 2. The first-order valence-electron chi connectivity index (χ1n) is 5.61. The second kappa shape index (κ2) is 6.26. The molecule has 1 N–H and O–H groups in total. The predicted molar refractivity (Wildman–Crippen MR) is 72.6 cm³/mol. The van der Waals surface area contributed by atoms with Crippen LogP contribution in [0.25, 0.3) is 0 Å². The lowest BCUT2D eigenvalue weighted by Crippen LogP contribution is -2.37. The molecule has 0 radical (unpaired) electrons. The molecule has 0 aliphatic carbocycles. The monoisotopic (exact) mass is 270 g/mol. The summed E-state index contributed by atoms with van der Waals surface area (Å²) in [5.74, 6) is 0. The van der Waals surface area contributed by atoms with Crippen LogP contribution in [0.3, 0.4) is 0 Å². The van der Waals surface area contributed by atoms with Gasteiger partial charge in [-0.25, -0.2) is 0 Å². The summed E-state index contributed by atoms with van der Waals surface area (Å²) < 4.78 is 0. The van der Waals surface area contributed by atoms with Crippen molar-refractivity contribution in [1.29, 1.82) is 5.26 Å². The molecule has 92 valence electrons. The van der Waals surface area contributed by atoms with Crippen molar-refractivity contribution in [2.45, 2.75) is 19.3 Å². The Balaban J connectivity index is 0.00000144. The molecular formula is C13H16Cl2N2.